The maximum absolute atomic E-state index is 5.73. The summed E-state index contributed by atoms with van der Waals surface area (Å²) in [5, 5.41) is 3.30. The zero-order valence-electron chi connectivity index (χ0n) is 6.56. The van der Waals surface area contributed by atoms with Gasteiger partial charge in [-0.15, -0.1) is 0 Å². The molecule has 0 atom stereocenters. The molecule has 2 fully saturated rings. The van der Waals surface area contributed by atoms with Gasteiger partial charge in [-0.25, -0.2) is 0 Å². The topological polar surface area (TPSA) is 38.0 Å². The monoisotopic (exact) mass is 140 g/mol. The van der Waals surface area contributed by atoms with Crippen molar-refractivity contribution >= 4 is 0 Å². The van der Waals surface area contributed by atoms with Crippen LogP contribution in [0, 0.1) is 5.41 Å². The lowest BCUT2D eigenvalue weighted by atomic mass is 9.52. The quantitative estimate of drug-likeness (QED) is 0.556. The minimum Gasteiger partial charge on any atom is -0.328 e. The van der Waals surface area contributed by atoms with Crippen LogP contribution in [0.5, 0.6) is 0 Å². The van der Waals surface area contributed by atoms with Crippen LogP contribution < -0.4 is 11.1 Å². The maximum Gasteiger partial charge on any atom is 0.00746 e. The molecule has 0 aromatic heterocycles. The standard InChI is InChI=1S/C8H16N2/c1-10-7-4-8(5-7)2-6(9)3-8/h6-7,10H,2-5,9H2,1H3. The van der Waals surface area contributed by atoms with Gasteiger partial charge < -0.3 is 11.1 Å². The van der Waals surface area contributed by atoms with Crippen LogP contribution in [0.3, 0.4) is 0 Å². The lowest BCUT2D eigenvalue weighted by Crippen LogP contribution is -2.58. The van der Waals surface area contributed by atoms with Crippen molar-refractivity contribution in [2.24, 2.45) is 11.1 Å². The Labute approximate surface area is 62.2 Å². The highest BCUT2D eigenvalue weighted by Gasteiger charge is 2.51. The summed E-state index contributed by atoms with van der Waals surface area (Å²) in [6, 6.07) is 1.32. The Balaban J connectivity index is 1.80. The van der Waals surface area contributed by atoms with E-state index in [1.807, 2.05) is 0 Å². The molecule has 0 aliphatic heterocycles. The van der Waals surface area contributed by atoms with Crippen molar-refractivity contribution in [2.75, 3.05) is 7.05 Å². The Kier molecular flexibility index (Phi) is 1.29. The van der Waals surface area contributed by atoms with Gasteiger partial charge in [0.25, 0.3) is 0 Å². The SMILES string of the molecule is CNC1CC2(CC(N)C2)C1. The van der Waals surface area contributed by atoms with Gasteiger partial charge in [-0.3, -0.25) is 0 Å². The van der Waals surface area contributed by atoms with Crippen LogP contribution in [-0.4, -0.2) is 19.1 Å². The number of nitrogens with two attached hydrogens (primary N) is 1. The maximum atomic E-state index is 5.73. The highest BCUT2D eigenvalue weighted by atomic mass is 14.9. The summed E-state index contributed by atoms with van der Waals surface area (Å²) in [4.78, 5) is 0. The summed E-state index contributed by atoms with van der Waals surface area (Å²) in [7, 11) is 2.05. The summed E-state index contributed by atoms with van der Waals surface area (Å²) >= 11 is 0. The zero-order chi connectivity index (χ0) is 7.19. The van der Waals surface area contributed by atoms with Gasteiger partial charge in [0.1, 0.15) is 0 Å². The minimum absolute atomic E-state index is 0.526. The number of hydrogen-bond donors (Lipinski definition) is 2. The zero-order valence-corrected chi connectivity index (χ0v) is 6.56. The average Bonchev–Trinajstić information content (AvgIpc) is 1.74. The third-order valence-electron chi connectivity index (χ3n) is 3.16. The minimum atomic E-state index is 0.526. The second-order valence-electron chi connectivity index (χ2n) is 4.06. The fourth-order valence-corrected chi connectivity index (χ4v) is 2.58. The van der Waals surface area contributed by atoms with Crippen LogP contribution in [-0.2, 0) is 0 Å². The highest BCUT2D eigenvalue weighted by molar-refractivity contribution is 5.06. The average molecular weight is 140 g/mol. The molecule has 0 aromatic rings. The highest BCUT2D eigenvalue weighted by Crippen LogP contribution is 2.55. The summed E-state index contributed by atoms with van der Waals surface area (Å²) in [5.41, 5.74) is 6.43. The number of hydrogen-bond acceptors (Lipinski definition) is 2. The van der Waals surface area contributed by atoms with Crippen LogP contribution in [0.2, 0.25) is 0 Å². The van der Waals surface area contributed by atoms with E-state index in [2.05, 4.69) is 12.4 Å². The predicted octanol–water partition coefficient (Wildman–Crippen LogP) is 0.476. The molecule has 0 heterocycles. The van der Waals surface area contributed by atoms with Crippen LogP contribution in [0.25, 0.3) is 0 Å². The molecule has 0 unspecified atom stereocenters. The molecule has 2 saturated carbocycles. The van der Waals surface area contributed by atoms with E-state index in [4.69, 9.17) is 5.73 Å². The first kappa shape index (κ1) is 6.62. The molecule has 2 rings (SSSR count). The number of rotatable bonds is 1. The molecule has 2 nitrogen and oxygen atoms in total. The van der Waals surface area contributed by atoms with Gasteiger partial charge in [-0.05, 0) is 38.1 Å². The lowest BCUT2D eigenvalue weighted by Gasteiger charge is -2.57. The molecule has 0 saturated heterocycles. The van der Waals surface area contributed by atoms with Crippen molar-refractivity contribution in [3.8, 4) is 0 Å². The van der Waals surface area contributed by atoms with Crippen LogP contribution in [0.4, 0.5) is 0 Å². The van der Waals surface area contributed by atoms with Crippen LogP contribution in [0.1, 0.15) is 25.7 Å². The lowest BCUT2D eigenvalue weighted by molar-refractivity contribution is -0.0154. The Morgan fingerprint density at radius 1 is 1.30 bits per heavy atom. The second kappa shape index (κ2) is 1.95. The van der Waals surface area contributed by atoms with Gasteiger partial charge in [0.2, 0.25) is 0 Å². The Morgan fingerprint density at radius 2 is 1.90 bits per heavy atom. The van der Waals surface area contributed by atoms with Crippen LogP contribution >= 0.6 is 0 Å². The smallest absolute Gasteiger partial charge is 0.00746 e. The Morgan fingerprint density at radius 3 is 2.30 bits per heavy atom. The molecule has 1 spiro atoms. The van der Waals surface area contributed by atoms with Gasteiger partial charge in [-0.1, -0.05) is 0 Å². The predicted molar refractivity (Wildman–Crippen MR) is 41.7 cm³/mol. The van der Waals surface area contributed by atoms with Crippen molar-refractivity contribution in [3.63, 3.8) is 0 Å². The van der Waals surface area contributed by atoms with E-state index in [0.717, 1.165) is 6.04 Å². The molecule has 0 radical (unpaired) electrons. The van der Waals surface area contributed by atoms with E-state index in [-0.39, 0.29) is 0 Å². The summed E-state index contributed by atoms with van der Waals surface area (Å²) in [5.74, 6) is 0. The van der Waals surface area contributed by atoms with Crippen molar-refractivity contribution < 1.29 is 0 Å². The fraction of sp³-hybridized carbons (Fsp3) is 1.00. The fourth-order valence-electron chi connectivity index (χ4n) is 2.58. The van der Waals surface area contributed by atoms with E-state index in [1.165, 1.54) is 25.7 Å². The molecule has 2 aliphatic carbocycles. The first-order chi connectivity index (χ1) is 4.74. The van der Waals surface area contributed by atoms with E-state index in [9.17, 15) is 0 Å². The Hall–Kier alpha value is -0.0800. The normalized spacial score (nSPS) is 52.2. The first-order valence-electron chi connectivity index (χ1n) is 4.17. The largest absolute Gasteiger partial charge is 0.328 e. The van der Waals surface area contributed by atoms with Crippen LogP contribution in [0.15, 0.2) is 0 Å². The molecular weight excluding hydrogens is 124 g/mol. The van der Waals surface area contributed by atoms with Crippen molar-refractivity contribution in [2.45, 2.75) is 37.8 Å². The van der Waals surface area contributed by atoms with Crippen molar-refractivity contribution in [1.29, 1.82) is 0 Å². The van der Waals surface area contributed by atoms with Crippen molar-refractivity contribution in [3.05, 3.63) is 0 Å². The number of nitrogens with one attached hydrogen (secondary N) is 1. The molecule has 0 amide bonds. The van der Waals surface area contributed by atoms with Gasteiger partial charge in [0, 0.05) is 12.1 Å². The van der Waals surface area contributed by atoms with Gasteiger partial charge in [0.15, 0.2) is 0 Å². The van der Waals surface area contributed by atoms with E-state index < -0.39 is 0 Å². The molecule has 2 heteroatoms. The van der Waals surface area contributed by atoms with Crippen molar-refractivity contribution in [1.82, 2.24) is 5.32 Å². The summed E-state index contributed by atoms with van der Waals surface area (Å²) < 4.78 is 0. The molecular formula is C8H16N2. The van der Waals surface area contributed by atoms with E-state index >= 15 is 0 Å². The van der Waals surface area contributed by atoms with E-state index in [0.29, 0.717) is 11.5 Å². The molecule has 0 bridgehead atoms. The molecule has 58 valence electrons. The molecule has 2 aliphatic rings. The van der Waals surface area contributed by atoms with Gasteiger partial charge in [0.05, 0.1) is 0 Å². The molecule has 10 heavy (non-hydrogen) atoms. The molecule has 0 aromatic carbocycles. The molecule has 3 N–H and O–H groups in total. The summed E-state index contributed by atoms with van der Waals surface area (Å²) in [6.45, 7) is 0. The Bertz CT molecular complexity index is 130. The van der Waals surface area contributed by atoms with Gasteiger partial charge in [-0.2, -0.15) is 0 Å². The summed E-state index contributed by atoms with van der Waals surface area (Å²) in [6.07, 6.45) is 5.31. The third-order valence-corrected chi connectivity index (χ3v) is 3.16. The van der Waals surface area contributed by atoms with E-state index in [1.54, 1.807) is 0 Å². The van der Waals surface area contributed by atoms with Gasteiger partial charge >= 0.3 is 0 Å². The third kappa shape index (κ3) is 0.789. The second-order valence-corrected chi connectivity index (χ2v) is 4.06. The first-order valence-corrected chi connectivity index (χ1v) is 4.17.